The monoisotopic (exact) mass is 232 g/mol. The van der Waals surface area contributed by atoms with Crippen LogP contribution in [0.25, 0.3) is 0 Å². The van der Waals surface area contributed by atoms with Crippen LogP contribution in [0.4, 0.5) is 0 Å². The molecule has 0 saturated heterocycles. The lowest BCUT2D eigenvalue weighted by molar-refractivity contribution is 0.374. The second-order valence-electron chi connectivity index (χ2n) is 5.40. The van der Waals surface area contributed by atoms with Crippen LogP contribution in [0.1, 0.15) is 6.42 Å². The number of rotatable bonds is 0. The Kier molecular flexibility index (Phi) is 2.16. The Balaban J connectivity index is 1.83. The van der Waals surface area contributed by atoms with Gasteiger partial charge in [-0.1, -0.05) is 66.8 Å². The van der Waals surface area contributed by atoms with E-state index < -0.39 is 0 Å². The average Bonchev–Trinajstić information content (AvgIpc) is 2.46. The molecule has 0 fully saturated rings. The molecule has 0 amide bonds. The van der Waals surface area contributed by atoms with Crippen molar-refractivity contribution >= 4 is 0 Å². The normalized spacial score (nSPS) is 35.1. The lowest BCUT2D eigenvalue weighted by atomic mass is 9.63. The summed E-state index contributed by atoms with van der Waals surface area (Å²) in [4.78, 5) is 0. The van der Waals surface area contributed by atoms with Gasteiger partial charge in [-0.15, -0.1) is 0 Å². The lowest BCUT2D eigenvalue weighted by Crippen LogP contribution is -2.31. The van der Waals surface area contributed by atoms with E-state index in [1.807, 2.05) is 0 Å². The van der Waals surface area contributed by atoms with Gasteiger partial charge in [-0.05, 0) is 29.1 Å². The third-order valence-corrected chi connectivity index (χ3v) is 4.49. The Bertz CT molecular complexity index is 588. The molecule has 0 saturated carbocycles. The maximum absolute atomic E-state index is 2.37. The summed E-state index contributed by atoms with van der Waals surface area (Å²) in [6.07, 6.45) is 26.2. The molecule has 4 aliphatic carbocycles. The van der Waals surface area contributed by atoms with Crippen molar-refractivity contribution in [1.29, 1.82) is 0 Å². The van der Waals surface area contributed by atoms with Crippen molar-refractivity contribution in [1.82, 2.24) is 0 Å². The molecule has 0 spiro atoms. The van der Waals surface area contributed by atoms with Gasteiger partial charge in [0, 0.05) is 11.8 Å². The standard InChI is InChI=1S/C18H16/c1-3-7-16-13(5-1)9-11-15-12-10-14-6-2-4-8-17(14)18(15)16/h1-7,9-12,16-18H,8H2. The van der Waals surface area contributed by atoms with Crippen LogP contribution in [0.3, 0.4) is 0 Å². The smallest absolute Gasteiger partial charge is 0.00958 e. The van der Waals surface area contributed by atoms with Gasteiger partial charge in [0.1, 0.15) is 0 Å². The van der Waals surface area contributed by atoms with E-state index in [2.05, 4.69) is 66.8 Å². The van der Waals surface area contributed by atoms with Gasteiger partial charge in [-0.3, -0.25) is 0 Å². The second-order valence-corrected chi connectivity index (χ2v) is 5.40. The van der Waals surface area contributed by atoms with Gasteiger partial charge in [0.2, 0.25) is 0 Å². The van der Waals surface area contributed by atoms with E-state index in [0.29, 0.717) is 17.8 Å². The molecular formula is C18H16. The fourth-order valence-electron chi connectivity index (χ4n) is 3.62. The van der Waals surface area contributed by atoms with Crippen LogP contribution in [-0.4, -0.2) is 0 Å². The first-order valence-electron chi connectivity index (χ1n) is 6.75. The molecule has 4 rings (SSSR count). The quantitative estimate of drug-likeness (QED) is 0.584. The van der Waals surface area contributed by atoms with Gasteiger partial charge in [-0.25, -0.2) is 0 Å². The Morgan fingerprint density at radius 3 is 2.67 bits per heavy atom. The molecule has 88 valence electrons. The summed E-state index contributed by atoms with van der Waals surface area (Å²) in [6.45, 7) is 0. The van der Waals surface area contributed by atoms with Crippen LogP contribution < -0.4 is 0 Å². The van der Waals surface area contributed by atoms with Crippen molar-refractivity contribution < 1.29 is 0 Å². The van der Waals surface area contributed by atoms with E-state index in [4.69, 9.17) is 0 Å². The largest absolute Gasteiger partial charge is 0.0839 e. The maximum atomic E-state index is 2.37. The summed E-state index contributed by atoms with van der Waals surface area (Å²) in [6, 6.07) is 0. The highest BCUT2D eigenvalue weighted by Gasteiger charge is 2.37. The fraction of sp³-hybridized carbons (Fsp3) is 0.222. The van der Waals surface area contributed by atoms with Gasteiger partial charge in [0.15, 0.2) is 0 Å². The van der Waals surface area contributed by atoms with Gasteiger partial charge in [0.25, 0.3) is 0 Å². The van der Waals surface area contributed by atoms with Gasteiger partial charge in [-0.2, -0.15) is 0 Å². The molecule has 0 aromatic rings. The zero-order chi connectivity index (χ0) is 11.9. The third-order valence-electron chi connectivity index (χ3n) is 4.49. The Morgan fingerprint density at radius 1 is 0.778 bits per heavy atom. The molecule has 0 nitrogen and oxygen atoms in total. The van der Waals surface area contributed by atoms with Gasteiger partial charge < -0.3 is 0 Å². The number of hydrogen-bond acceptors (Lipinski definition) is 0. The summed E-state index contributed by atoms with van der Waals surface area (Å²) in [5.74, 6) is 1.86. The molecule has 0 N–H and O–H groups in total. The van der Waals surface area contributed by atoms with Crippen molar-refractivity contribution in [2.45, 2.75) is 6.42 Å². The van der Waals surface area contributed by atoms with E-state index in [1.54, 1.807) is 0 Å². The Hall–Kier alpha value is -1.82. The maximum Gasteiger partial charge on any atom is 0.00958 e. The predicted molar refractivity (Wildman–Crippen MR) is 75.9 cm³/mol. The van der Waals surface area contributed by atoms with Crippen molar-refractivity contribution in [2.75, 3.05) is 0 Å². The van der Waals surface area contributed by atoms with Gasteiger partial charge >= 0.3 is 0 Å². The second kappa shape index (κ2) is 3.84. The Morgan fingerprint density at radius 2 is 1.67 bits per heavy atom. The Labute approximate surface area is 108 Å². The van der Waals surface area contributed by atoms with E-state index >= 15 is 0 Å². The molecule has 18 heavy (non-hydrogen) atoms. The molecule has 3 unspecified atom stereocenters. The zero-order valence-corrected chi connectivity index (χ0v) is 10.3. The van der Waals surface area contributed by atoms with Crippen LogP contribution in [0.5, 0.6) is 0 Å². The lowest BCUT2D eigenvalue weighted by Gasteiger charge is -2.40. The number of hydrogen-bond donors (Lipinski definition) is 0. The molecule has 0 heterocycles. The van der Waals surface area contributed by atoms with Crippen LogP contribution >= 0.6 is 0 Å². The zero-order valence-electron chi connectivity index (χ0n) is 10.3. The molecule has 0 aromatic carbocycles. The first-order chi connectivity index (χ1) is 8.93. The highest BCUT2D eigenvalue weighted by Crippen LogP contribution is 2.47. The fourth-order valence-corrected chi connectivity index (χ4v) is 3.62. The van der Waals surface area contributed by atoms with Crippen LogP contribution in [0, 0.1) is 17.8 Å². The molecular weight excluding hydrogens is 216 g/mol. The van der Waals surface area contributed by atoms with Crippen molar-refractivity contribution in [2.24, 2.45) is 17.8 Å². The first-order valence-corrected chi connectivity index (χ1v) is 6.75. The highest BCUT2D eigenvalue weighted by molar-refractivity contribution is 5.51. The molecule has 0 bridgehead atoms. The highest BCUT2D eigenvalue weighted by atomic mass is 14.4. The summed E-state index contributed by atoms with van der Waals surface area (Å²) in [5, 5.41) is 0. The third kappa shape index (κ3) is 1.38. The van der Waals surface area contributed by atoms with E-state index in [1.165, 1.54) is 23.1 Å². The summed E-state index contributed by atoms with van der Waals surface area (Å²) < 4.78 is 0. The minimum absolute atomic E-state index is 0.569. The number of fused-ring (bicyclic) bond motifs is 5. The van der Waals surface area contributed by atoms with Crippen molar-refractivity contribution in [3.05, 3.63) is 83.6 Å². The van der Waals surface area contributed by atoms with E-state index in [9.17, 15) is 0 Å². The molecule has 0 aliphatic heterocycles. The van der Waals surface area contributed by atoms with Gasteiger partial charge in [0.05, 0.1) is 0 Å². The van der Waals surface area contributed by atoms with E-state index in [0.717, 1.165) is 0 Å². The molecule has 3 atom stereocenters. The summed E-state index contributed by atoms with van der Waals surface area (Å²) in [7, 11) is 0. The average molecular weight is 232 g/mol. The van der Waals surface area contributed by atoms with Crippen molar-refractivity contribution in [3.63, 3.8) is 0 Å². The predicted octanol–water partition coefficient (Wildman–Crippen LogP) is 4.28. The molecule has 4 aliphatic rings. The van der Waals surface area contributed by atoms with Crippen LogP contribution in [-0.2, 0) is 0 Å². The SMILES string of the molecule is C1=CCC2C(=C1)C=CC1=CC=C3C=CC=CC3C12. The van der Waals surface area contributed by atoms with Crippen LogP contribution in [0.2, 0.25) is 0 Å². The minimum Gasteiger partial charge on any atom is -0.0839 e. The van der Waals surface area contributed by atoms with Crippen LogP contribution in [0.15, 0.2) is 83.6 Å². The minimum atomic E-state index is 0.569. The number of allylic oxidation sites excluding steroid dienone is 14. The summed E-state index contributed by atoms with van der Waals surface area (Å²) >= 11 is 0. The molecule has 0 heteroatoms. The van der Waals surface area contributed by atoms with Crippen molar-refractivity contribution in [3.8, 4) is 0 Å². The summed E-state index contributed by atoms with van der Waals surface area (Å²) in [5.41, 5.74) is 4.47. The first kappa shape index (κ1) is 10.1. The van der Waals surface area contributed by atoms with E-state index in [-0.39, 0.29) is 0 Å². The molecule has 0 aromatic heterocycles. The topological polar surface area (TPSA) is 0 Å². The molecule has 0 radical (unpaired) electrons.